The van der Waals surface area contributed by atoms with Gasteiger partial charge in [-0.05, 0) is 65.9 Å². The first kappa shape index (κ1) is 22.9. The minimum Gasteiger partial charge on any atom is -0.478 e. The molecule has 0 unspecified atom stereocenters. The lowest BCUT2D eigenvalue weighted by Crippen LogP contribution is -2.12. The molecule has 1 heterocycles. The predicted octanol–water partition coefficient (Wildman–Crippen LogP) is 6.46. The van der Waals surface area contributed by atoms with Crippen molar-refractivity contribution in [3.8, 4) is 11.1 Å². The van der Waals surface area contributed by atoms with Crippen molar-refractivity contribution in [1.29, 1.82) is 0 Å². The van der Waals surface area contributed by atoms with Crippen LogP contribution in [0.15, 0.2) is 96.3 Å². The van der Waals surface area contributed by atoms with Crippen molar-refractivity contribution in [2.75, 3.05) is 0 Å². The fourth-order valence-electron chi connectivity index (χ4n) is 4.23. The third-order valence-electron chi connectivity index (χ3n) is 6.09. The molecular weight excluding hydrogens is 424 g/mol. The van der Waals surface area contributed by atoms with E-state index >= 15 is 0 Å². The van der Waals surface area contributed by atoms with E-state index in [1.54, 1.807) is 18.3 Å². The first-order chi connectivity index (χ1) is 16.5. The van der Waals surface area contributed by atoms with Gasteiger partial charge >= 0.3 is 5.97 Å². The van der Waals surface area contributed by atoms with Crippen molar-refractivity contribution in [1.82, 2.24) is 4.98 Å². The van der Waals surface area contributed by atoms with Crippen LogP contribution in [0.3, 0.4) is 0 Å². The molecule has 3 aromatic carbocycles. The average Bonchev–Trinajstić information content (AvgIpc) is 2.86. The number of hydrogen-bond donors (Lipinski definition) is 2. The van der Waals surface area contributed by atoms with Gasteiger partial charge in [-0.25, -0.2) is 4.79 Å². The maximum Gasteiger partial charge on any atom is 0.335 e. The summed E-state index contributed by atoms with van der Waals surface area (Å²) in [6.45, 7) is 4.01. The third kappa shape index (κ3) is 5.04. The van der Waals surface area contributed by atoms with Crippen LogP contribution in [0.4, 0.5) is 0 Å². The highest BCUT2D eigenvalue weighted by molar-refractivity contribution is 6.01. The molecule has 0 aliphatic rings. The third-order valence-corrected chi connectivity index (χ3v) is 6.09. The Hall–Kier alpha value is -4.25. The first-order valence-corrected chi connectivity index (χ1v) is 11.1. The zero-order chi connectivity index (χ0) is 24.1. The SMILES string of the molecule is Cc1cc(/C(C[C@@H](c2ccc(-c3ccc(C(=O)O)cc3)cc2)c2ccccc2C)=N/O)ccn1. The molecule has 1 atom stereocenters. The Bertz CT molecular complexity index is 1330. The molecule has 0 radical (unpaired) electrons. The van der Waals surface area contributed by atoms with Crippen molar-refractivity contribution < 1.29 is 15.1 Å². The largest absolute Gasteiger partial charge is 0.478 e. The Morgan fingerprint density at radius 1 is 0.882 bits per heavy atom. The molecule has 170 valence electrons. The van der Waals surface area contributed by atoms with Crippen LogP contribution >= 0.6 is 0 Å². The number of pyridine rings is 1. The van der Waals surface area contributed by atoms with E-state index in [2.05, 4.69) is 41.3 Å². The lowest BCUT2D eigenvalue weighted by molar-refractivity contribution is 0.0697. The molecule has 0 spiro atoms. The van der Waals surface area contributed by atoms with Gasteiger partial charge in [-0.3, -0.25) is 4.98 Å². The Morgan fingerprint density at radius 2 is 1.53 bits per heavy atom. The highest BCUT2D eigenvalue weighted by Gasteiger charge is 2.20. The molecule has 5 nitrogen and oxygen atoms in total. The Morgan fingerprint density at radius 3 is 2.12 bits per heavy atom. The van der Waals surface area contributed by atoms with Gasteiger partial charge in [0.1, 0.15) is 0 Å². The van der Waals surface area contributed by atoms with Crippen molar-refractivity contribution in [3.05, 3.63) is 125 Å². The van der Waals surface area contributed by atoms with E-state index in [0.29, 0.717) is 12.1 Å². The first-order valence-electron chi connectivity index (χ1n) is 11.1. The molecule has 0 amide bonds. The lowest BCUT2D eigenvalue weighted by Gasteiger charge is -2.21. The summed E-state index contributed by atoms with van der Waals surface area (Å²) in [6.07, 6.45) is 2.25. The second-order valence-corrected chi connectivity index (χ2v) is 8.35. The van der Waals surface area contributed by atoms with Crippen LogP contribution in [0, 0.1) is 13.8 Å². The molecule has 5 heteroatoms. The van der Waals surface area contributed by atoms with Gasteiger partial charge in [-0.1, -0.05) is 65.8 Å². The summed E-state index contributed by atoms with van der Waals surface area (Å²) in [6, 6.07) is 27.2. The number of aromatic nitrogens is 1. The van der Waals surface area contributed by atoms with Gasteiger partial charge in [-0.15, -0.1) is 0 Å². The molecule has 0 saturated carbocycles. The van der Waals surface area contributed by atoms with E-state index in [1.807, 2.05) is 55.5 Å². The number of hydrogen-bond acceptors (Lipinski definition) is 4. The fourth-order valence-corrected chi connectivity index (χ4v) is 4.23. The van der Waals surface area contributed by atoms with Crippen LogP contribution in [0.1, 0.15) is 50.6 Å². The smallest absolute Gasteiger partial charge is 0.335 e. The zero-order valence-electron chi connectivity index (χ0n) is 19.1. The molecule has 1 aromatic heterocycles. The summed E-state index contributed by atoms with van der Waals surface area (Å²) in [5.41, 5.74) is 7.99. The number of rotatable bonds is 7. The van der Waals surface area contributed by atoms with Gasteiger partial charge in [0.15, 0.2) is 0 Å². The summed E-state index contributed by atoms with van der Waals surface area (Å²) in [7, 11) is 0. The quantitative estimate of drug-likeness (QED) is 0.192. The molecule has 0 aliphatic heterocycles. The Balaban J connectivity index is 1.69. The minimum absolute atomic E-state index is 0.0102. The molecule has 2 N–H and O–H groups in total. The molecule has 4 rings (SSSR count). The number of nitrogens with zero attached hydrogens (tertiary/aromatic N) is 2. The van der Waals surface area contributed by atoms with Crippen LogP contribution in [0.5, 0.6) is 0 Å². The van der Waals surface area contributed by atoms with Gasteiger partial charge in [0.2, 0.25) is 0 Å². The van der Waals surface area contributed by atoms with Crippen LogP contribution in [-0.2, 0) is 0 Å². The summed E-state index contributed by atoms with van der Waals surface area (Å²) in [5, 5.41) is 22.6. The Kier molecular flexibility index (Phi) is 6.83. The van der Waals surface area contributed by atoms with E-state index in [0.717, 1.165) is 27.9 Å². The van der Waals surface area contributed by atoms with E-state index in [4.69, 9.17) is 5.11 Å². The van der Waals surface area contributed by atoms with Crippen molar-refractivity contribution >= 4 is 11.7 Å². The number of benzene rings is 3. The molecule has 34 heavy (non-hydrogen) atoms. The summed E-state index contributed by atoms with van der Waals surface area (Å²) in [5.74, 6) is -0.947. The summed E-state index contributed by atoms with van der Waals surface area (Å²) in [4.78, 5) is 15.4. The number of carbonyl (C=O) groups is 1. The van der Waals surface area contributed by atoms with Gasteiger partial charge in [0, 0.05) is 29.8 Å². The number of carboxylic acids is 1. The average molecular weight is 451 g/mol. The van der Waals surface area contributed by atoms with Gasteiger partial charge in [0.05, 0.1) is 11.3 Å². The molecule has 4 aromatic rings. The molecule has 0 fully saturated rings. The summed E-state index contributed by atoms with van der Waals surface area (Å²) < 4.78 is 0. The zero-order valence-corrected chi connectivity index (χ0v) is 19.1. The Labute approximate surface area is 199 Å². The maximum atomic E-state index is 11.1. The minimum atomic E-state index is -0.936. The molecule has 0 bridgehead atoms. The van der Waals surface area contributed by atoms with Crippen molar-refractivity contribution in [2.45, 2.75) is 26.2 Å². The van der Waals surface area contributed by atoms with Crippen molar-refractivity contribution in [2.24, 2.45) is 5.16 Å². The van der Waals surface area contributed by atoms with Crippen LogP contribution in [0.2, 0.25) is 0 Å². The molecule has 0 saturated heterocycles. The van der Waals surface area contributed by atoms with Crippen LogP contribution < -0.4 is 0 Å². The standard InChI is InChI=1S/C29H26N2O3/c1-19-5-3-4-6-26(19)27(18-28(31-34)25-15-16-30-20(2)17-25)23-11-7-21(8-12-23)22-9-13-24(14-10-22)29(32)33/h3-17,27,34H,18H2,1-2H3,(H,32,33)/b31-28+/t27-/m0/s1. The van der Waals surface area contributed by atoms with Crippen LogP contribution in [0.25, 0.3) is 11.1 Å². The van der Waals surface area contributed by atoms with E-state index in [-0.39, 0.29) is 11.5 Å². The number of aromatic carboxylic acids is 1. The molecular formula is C29H26N2O3. The normalized spacial score (nSPS) is 12.4. The highest BCUT2D eigenvalue weighted by Crippen LogP contribution is 2.33. The topological polar surface area (TPSA) is 82.8 Å². The van der Waals surface area contributed by atoms with Crippen molar-refractivity contribution in [3.63, 3.8) is 0 Å². The predicted molar refractivity (Wildman–Crippen MR) is 134 cm³/mol. The van der Waals surface area contributed by atoms with Crippen LogP contribution in [-0.4, -0.2) is 27.0 Å². The second kappa shape index (κ2) is 10.1. The number of carboxylic acid groups (broad SMARTS) is 1. The monoisotopic (exact) mass is 450 g/mol. The summed E-state index contributed by atoms with van der Waals surface area (Å²) >= 11 is 0. The maximum absolute atomic E-state index is 11.1. The fraction of sp³-hybridized carbons (Fsp3) is 0.138. The van der Waals surface area contributed by atoms with Gasteiger partial charge in [0.25, 0.3) is 0 Å². The number of oxime groups is 1. The highest BCUT2D eigenvalue weighted by atomic mass is 16.4. The molecule has 0 aliphatic carbocycles. The van der Waals surface area contributed by atoms with E-state index in [9.17, 15) is 10.0 Å². The van der Waals surface area contributed by atoms with Gasteiger partial charge in [-0.2, -0.15) is 0 Å². The van der Waals surface area contributed by atoms with E-state index in [1.165, 1.54) is 11.1 Å². The van der Waals surface area contributed by atoms with E-state index < -0.39 is 5.97 Å². The number of aryl methyl sites for hydroxylation is 2. The second-order valence-electron chi connectivity index (χ2n) is 8.35. The van der Waals surface area contributed by atoms with Gasteiger partial charge < -0.3 is 10.3 Å². The lowest BCUT2D eigenvalue weighted by atomic mass is 9.83.